The summed E-state index contributed by atoms with van der Waals surface area (Å²) in [7, 11) is 1.58. The van der Waals surface area contributed by atoms with E-state index in [9.17, 15) is 9.59 Å². The van der Waals surface area contributed by atoms with Crippen molar-refractivity contribution < 1.29 is 19.1 Å². The van der Waals surface area contributed by atoms with Gasteiger partial charge in [-0.2, -0.15) is 0 Å². The second-order valence-corrected chi connectivity index (χ2v) is 6.38. The zero-order valence-corrected chi connectivity index (χ0v) is 14.6. The molecule has 0 bridgehead atoms. The molecule has 0 spiro atoms. The Hall–Kier alpha value is -1.54. The van der Waals surface area contributed by atoms with Crippen LogP contribution in [0.4, 0.5) is 0 Å². The van der Waals surface area contributed by atoms with Crippen molar-refractivity contribution in [3.8, 4) is 0 Å². The highest BCUT2D eigenvalue weighted by Gasteiger charge is 2.44. The standard InChI is InChI=1S/C15H23N3O4S/c1-4-11-12(23-17-16-11)13(19)18-8-6-15(7-9-18,10-21-3)14(20)22-5-2/h4-10H2,1-3H3. The maximum atomic E-state index is 12.6. The number of carbonyl (C=O) groups is 2. The number of rotatable bonds is 6. The van der Waals surface area contributed by atoms with E-state index < -0.39 is 5.41 Å². The first-order chi connectivity index (χ1) is 11.1. The van der Waals surface area contributed by atoms with Crippen molar-refractivity contribution in [3.05, 3.63) is 10.6 Å². The molecule has 0 radical (unpaired) electrons. The molecule has 0 aliphatic carbocycles. The lowest BCUT2D eigenvalue weighted by atomic mass is 9.79. The topological polar surface area (TPSA) is 81.6 Å². The largest absolute Gasteiger partial charge is 0.465 e. The Morgan fingerprint density at radius 1 is 1.30 bits per heavy atom. The van der Waals surface area contributed by atoms with Gasteiger partial charge in [0.1, 0.15) is 4.88 Å². The molecule has 0 aromatic carbocycles. The van der Waals surface area contributed by atoms with Crippen LogP contribution in [0.5, 0.6) is 0 Å². The van der Waals surface area contributed by atoms with Gasteiger partial charge in [-0.1, -0.05) is 11.4 Å². The van der Waals surface area contributed by atoms with Gasteiger partial charge in [-0.3, -0.25) is 9.59 Å². The summed E-state index contributed by atoms with van der Waals surface area (Å²) in [5.41, 5.74) is 0.0836. The lowest BCUT2D eigenvalue weighted by Crippen LogP contribution is -2.49. The van der Waals surface area contributed by atoms with Crippen LogP contribution in [0.25, 0.3) is 0 Å². The highest BCUT2D eigenvalue weighted by Crippen LogP contribution is 2.34. The maximum absolute atomic E-state index is 12.6. The highest BCUT2D eigenvalue weighted by molar-refractivity contribution is 7.08. The number of hydrogen-bond acceptors (Lipinski definition) is 7. The summed E-state index contributed by atoms with van der Waals surface area (Å²) in [6.45, 7) is 5.41. The van der Waals surface area contributed by atoms with Crippen molar-refractivity contribution in [2.24, 2.45) is 5.41 Å². The Morgan fingerprint density at radius 2 is 2.00 bits per heavy atom. The van der Waals surface area contributed by atoms with Crippen molar-refractivity contribution >= 4 is 23.4 Å². The number of aryl methyl sites for hydroxylation is 1. The van der Waals surface area contributed by atoms with Crippen LogP contribution < -0.4 is 0 Å². The third kappa shape index (κ3) is 3.69. The van der Waals surface area contributed by atoms with Crippen molar-refractivity contribution in [1.29, 1.82) is 0 Å². The fraction of sp³-hybridized carbons (Fsp3) is 0.733. The number of aromatic nitrogens is 2. The predicted octanol–water partition coefficient (Wildman–Crippen LogP) is 1.53. The van der Waals surface area contributed by atoms with Crippen molar-refractivity contribution in [2.45, 2.75) is 33.1 Å². The summed E-state index contributed by atoms with van der Waals surface area (Å²) < 4.78 is 14.3. The molecule has 1 amide bonds. The van der Waals surface area contributed by atoms with E-state index >= 15 is 0 Å². The van der Waals surface area contributed by atoms with E-state index in [0.29, 0.717) is 50.4 Å². The molecular weight excluding hydrogens is 318 g/mol. The minimum Gasteiger partial charge on any atom is -0.465 e. The Kier molecular flexibility index (Phi) is 6.06. The van der Waals surface area contributed by atoms with Gasteiger partial charge in [-0.05, 0) is 37.7 Å². The number of carbonyl (C=O) groups excluding carboxylic acids is 2. The molecule has 1 fully saturated rings. The lowest BCUT2D eigenvalue weighted by Gasteiger charge is -2.39. The molecule has 0 unspecified atom stereocenters. The van der Waals surface area contributed by atoms with E-state index in [1.54, 1.807) is 18.9 Å². The second-order valence-electron chi connectivity index (χ2n) is 5.63. The van der Waals surface area contributed by atoms with E-state index in [-0.39, 0.29) is 11.9 Å². The Bertz CT molecular complexity index is 553. The van der Waals surface area contributed by atoms with E-state index in [1.807, 2.05) is 6.92 Å². The Balaban J connectivity index is 2.06. The molecule has 1 saturated heterocycles. The van der Waals surface area contributed by atoms with Crippen LogP contribution in [-0.4, -0.2) is 59.8 Å². The third-order valence-electron chi connectivity index (χ3n) is 4.22. The van der Waals surface area contributed by atoms with E-state index in [2.05, 4.69) is 9.59 Å². The zero-order valence-electron chi connectivity index (χ0n) is 13.8. The number of likely N-dealkylation sites (tertiary alicyclic amines) is 1. The number of amides is 1. The molecule has 23 heavy (non-hydrogen) atoms. The Morgan fingerprint density at radius 3 is 2.57 bits per heavy atom. The SMILES string of the molecule is CCOC(=O)C1(COC)CCN(C(=O)c2snnc2CC)CC1. The van der Waals surface area contributed by atoms with Gasteiger partial charge in [0, 0.05) is 20.2 Å². The van der Waals surface area contributed by atoms with Gasteiger partial charge in [0.15, 0.2) is 0 Å². The van der Waals surface area contributed by atoms with Crippen LogP contribution in [0.2, 0.25) is 0 Å². The molecule has 8 heteroatoms. The molecule has 7 nitrogen and oxygen atoms in total. The lowest BCUT2D eigenvalue weighted by molar-refractivity contribution is -0.162. The average Bonchev–Trinajstić information content (AvgIpc) is 3.04. The van der Waals surface area contributed by atoms with Gasteiger partial charge in [-0.25, -0.2) is 0 Å². The van der Waals surface area contributed by atoms with Crippen LogP contribution in [0, 0.1) is 5.41 Å². The molecule has 2 heterocycles. The second kappa shape index (κ2) is 7.83. The molecule has 0 N–H and O–H groups in total. The molecular formula is C15H23N3O4S. The number of methoxy groups -OCH3 is 1. The molecule has 1 aromatic rings. The molecule has 0 atom stereocenters. The van der Waals surface area contributed by atoms with Gasteiger partial charge in [-0.15, -0.1) is 5.10 Å². The summed E-state index contributed by atoms with van der Waals surface area (Å²) in [6.07, 6.45) is 1.76. The fourth-order valence-corrected chi connectivity index (χ4v) is 3.57. The van der Waals surface area contributed by atoms with Crippen LogP contribution in [0.3, 0.4) is 0 Å². The summed E-state index contributed by atoms with van der Waals surface area (Å²) in [4.78, 5) is 27.3. The number of piperidine rings is 1. The maximum Gasteiger partial charge on any atom is 0.314 e. The van der Waals surface area contributed by atoms with Gasteiger partial charge in [0.25, 0.3) is 5.91 Å². The Labute approximate surface area is 140 Å². The fourth-order valence-electron chi connectivity index (χ4n) is 2.85. The molecule has 1 aromatic heterocycles. The average molecular weight is 341 g/mol. The van der Waals surface area contributed by atoms with Crippen molar-refractivity contribution in [3.63, 3.8) is 0 Å². The third-order valence-corrected chi connectivity index (χ3v) is 4.98. The van der Waals surface area contributed by atoms with Gasteiger partial charge in [0.05, 0.1) is 24.3 Å². The van der Waals surface area contributed by atoms with Crippen LogP contribution in [0.15, 0.2) is 0 Å². The van der Waals surface area contributed by atoms with Gasteiger partial charge in [0.2, 0.25) is 0 Å². The summed E-state index contributed by atoms with van der Waals surface area (Å²) in [6, 6.07) is 0. The first-order valence-electron chi connectivity index (χ1n) is 7.84. The minimum atomic E-state index is -0.652. The summed E-state index contributed by atoms with van der Waals surface area (Å²) in [5.74, 6) is -0.283. The molecule has 128 valence electrons. The molecule has 2 rings (SSSR count). The first kappa shape index (κ1) is 17.8. The van der Waals surface area contributed by atoms with Gasteiger partial charge < -0.3 is 14.4 Å². The highest BCUT2D eigenvalue weighted by atomic mass is 32.1. The number of nitrogens with zero attached hydrogens (tertiary/aromatic N) is 3. The number of ether oxygens (including phenoxy) is 2. The van der Waals surface area contributed by atoms with Crippen LogP contribution in [-0.2, 0) is 20.7 Å². The van der Waals surface area contributed by atoms with E-state index in [1.165, 1.54) is 0 Å². The van der Waals surface area contributed by atoms with E-state index in [4.69, 9.17) is 9.47 Å². The number of esters is 1. The molecule has 1 aliphatic heterocycles. The quantitative estimate of drug-likeness (QED) is 0.730. The smallest absolute Gasteiger partial charge is 0.314 e. The normalized spacial score (nSPS) is 17.1. The molecule has 1 aliphatic rings. The minimum absolute atomic E-state index is 0.0493. The van der Waals surface area contributed by atoms with Gasteiger partial charge >= 0.3 is 5.97 Å². The van der Waals surface area contributed by atoms with Crippen LogP contribution >= 0.6 is 11.5 Å². The summed E-state index contributed by atoms with van der Waals surface area (Å²) in [5, 5.41) is 3.99. The molecule has 0 saturated carbocycles. The van der Waals surface area contributed by atoms with E-state index in [0.717, 1.165) is 17.2 Å². The zero-order chi connectivity index (χ0) is 16.9. The number of hydrogen-bond donors (Lipinski definition) is 0. The first-order valence-corrected chi connectivity index (χ1v) is 8.62. The predicted molar refractivity (Wildman–Crippen MR) is 85.4 cm³/mol. The van der Waals surface area contributed by atoms with Crippen molar-refractivity contribution in [1.82, 2.24) is 14.5 Å². The van der Waals surface area contributed by atoms with Crippen LogP contribution in [0.1, 0.15) is 42.1 Å². The summed E-state index contributed by atoms with van der Waals surface area (Å²) >= 11 is 1.13. The van der Waals surface area contributed by atoms with Crippen molar-refractivity contribution in [2.75, 3.05) is 33.4 Å². The monoisotopic (exact) mass is 341 g/mol.